The Morgan fingerprint density at radius 3 is 2.63 bits per heavy atom. The van der Waals surface area contributed by atoms with Crippen molar-refractivity contribution in [1.29, 1.82) is 0 Å². The Morgan fingerprint density at radius 1 is 1.32 bits per heavy atom. The van der Waals surface area contributed by atoms with Crippen LogP contribution in [0, 0.1) is 5.82 Å². The second kappa shape index (κ2) is 7.51. The average molecular weight is 268 g/mol. The molecule has 0 aromatic heterocycles. The number of aliphatic carboxylic acids is 1. The Kier molecular flexibility index (Phi) is 5.99. The van der Waals surface area contributed by atoms with Crippen LogP contribution in [0.15, 0.2) is 18.2 Å². The van der Waals surface area contributed by atoms with Gasteiger partial charge in [0.25, 0.3) is 0 Å². The number of carbonyl (C=O) groups excluding carboxylic acids is 1. The fraction of sp³-hybridized carbons (Fsp3) is 0.429. The number of carbonyl (C=O) groups is 2. The van der Waals surface area contributed by atoms with Crippen LogP contribution in [0.3, 0.4) is 0 Å². The van der Waals surface area contributed by atoms with Crippen molar-refractivity contribution in [1.82, 2.24) is 0 Å². The maximum atomic E-state index is 13.6. The monoisotopic (exact) mass is 268 g/mol. The molecule has 1 rings (SSSR count). The summed E-state index contributed by atoms with van der Waals surface area (Å²) in [5, 5.41) is 8.49. The third kappa shape index (κ3) is 5.07. The van der Waals surface area contributed by atoms with Gasteiger partial charge < -0.3 is 9.84 Å². The van der Waals surface area contributed by atoms with Gasteiger partial charge in [-0.25, -0.2) is 4.39 Å². The number of ketones is 1. The minimum Gasteiger partial charge on any atom is -0.493 e. The van der Waals surface area contributed by atoms with Gasteiger partial charge in [0, 0.05) is 6.07 Å². The molecule has 104 valence electrons. The predicted molar refractivity (Wildman–Crippen MR) is 68.0 cm³/mol. The van der Waals surface area contributed by atoms with E-state index in [0.29, 0.717) is 12.4 Å². The van der Waals surface area contributed by atoms with E-state index in [1.165, 1.54) is 12.1 Å². The van der Waals surface area contributed by atoms with Crippen molar-refractivity contribution in [2.24, 2.45) is 0 Å². The molecule has 4 nitrogen and oxygen atoms in total. The molecule has 1 aromatic carbocycles. The zero-order valence-electron chi connectivity index (χ0n) is 10.8. The number of rotatable bonds is 8. The summed E-state index contributed by atoms with van der Waals surface area (Å²) in [7, 11) is 0. The second-order valence-corrected chi connectivity index (χ2v) is 4.19. The highest BCUT2D eigenvalue weighted by molar-refractivity contribution is 6.05. The Morgan fingerprint density at radius 2 is 2.05 bits per heavy atom. The molecule has 0 unspecified atom stereocenters. The quantitative estimate of drug-likeness (QED) is 0.447. The maximum Gasteiger partial charge on any atom is 0.311 e. The molecule has 19 heavy (non-hydrogen) atoms. The molecule has 0 saturated heterocycles. The van der Waals surface area contributed by atoms with Crippen LogP contribution in [0.25, 0.3) is 0 Å². The number of benzene rings is 1. The Balaban J connectivity index is 2.63. The zero-order valence-corrected chi connectivity index (χ0v) is 10.8. The highest BCUT2D eigenvalue weighted by atomic mass is 19.1. The van der Waals surface area contributed by atoms with Crippen LogP contribution in [0.4, 0.5) is 4.39 Å². The summed E-state index contributed by atoms with van der Waals surface area (Å²) in [6.07, 6.45) is 2.28. The molecule has 0 spiro atoms. The summed E-state index contributed by atoms with van der Waals surface area (Å²) >= 11 is 0. The van der Waals surface area contributed by atoms with E-state index in [-0.39, 0.29) is 5.56 Å². The van der Waals surface area contributed by atoms with Crippen LogP contribution in [0.5, 0.6) is 5.75 Å². The van der Waals surface area contributed by atoms with E-state index in [1.54, 1.807) is 0 Å². The summed E-state index contributed by atoms with van der Waals surface area (Å²) in [6, 6.07) is 3.85. The van der Waals surface area contributed by atoms with Crippen LogP contribution in [-0.4, -0.2) is 23.5 Å². The van der Waals surface area contributed by atoms with Crippen LogP contribution >= 0.6 is 0 Å². The molecular weight excluding hydrogens is 251 g/mol. The molecule has 1 aromatic rings. The molecule has 0 aliphatic rings. The van der Waals surface area contributed by atoms with Gasteiger partial charge in [0.1, 0.15) is 18.0 Å². The molecule has 0 atom stereocenters. The Labute approximate surface area is 111 Å². The van der Waals surface area contributed by atoms with E-state index < -0.39 is 24.0 Å². The van der Waals surface area contributed by atoms with Gasteiger partial charge in [0.05, 0.1) is 12.2 Å². The number of halogens is 1. The first-order chi connectivity index (χ1) is 9.04. The molecule has 5 heteroatoms. The van der Waals surface area contributed by atoms with Crippen LogP contribution in [0.1, 0.15) is 43.0 Å². The largest absolute Gasteiger partial charge is 0.493 e. The van der Waals surface area contributed by atoms with Gasteiger partial charge in [0.15, 0.2) is 5.78 Å². The fourth-order valence-corrected chi connectivity index (χ4v) is 1.59. The molecule has 0 amide bonds. The highest BCUT2D eigenvalue weighted by Crippen LogP contribution is 2.18. The molecule has 0 bridgehead atoms. The molecule has 1 N–H and O–H groups in total. The lowest BCUT2D eigenvalue weighted by atomic mass is 10.1. The Hall–Kier alpha value is -1.91. The van der Waals surface area contributed by atoms with E-state index >= 15 is 0 Å². The second-order valence-electron chi connectivity index (χ2n) is 4.19. The van der Waals surface area contributed by atoms with Crippen molar-refractivity contribution in [2.75, 3.05) is 6.61 Å². The van der Waals surface area contributed by atoms with E-state index in [0.717, 1.165) is 25.3 Å². The van der Waals surface area contributed by atoms with Crippen LogP contribution < -0.4 is 4.74 Å². The summed E-state index contributed by atoms with van der Waals surface area (Å²) < 4.78 is 19.0. The maximum absolute atomic E-state index is 13.6. The molecular formula is C14H17FO4. The molecule has 0 fully saturated rings. The lowest BCUT2D eigenvalue weighted by Crippen LogP contribution is -2.09. The summed E-state index contributed by atoms with van der Waals surface area (Å²) in [5.41, 5.74) is -0.219. The fourth-order valence-electron chi connectivity index (χ4n) is 1.59. The number of unbranched alkanes of at least 4 members (excludes halogenated alkanes) is 2. The zero-order chi connectivity index (χ0) is 14.3. The van der Waals surface area contributed by atoms with Crippen molar-refractivity contribution >= 4 is 11.8 Å². The lowest BCUT2D eigenvalue weighted by molar-refractivity contribution is -0.135. The van der Waals surface area contributed by atoms with Crippen molar-refractivity contribution in [3.8, 4) is 5.75 Å². The van der Waals surface area contributed by atoms with E-state index in [4.69, 9.17) is 9.84 Å². The standard InChI is InChI=1S/C14H17FO4/c1-2-3-4-7-19-10-5-6-11(12(15)8-10)13(16)9-14(17)18/h5-6,8H,2-4,7,9H2,1H3,(H,17,18). The normalized spacial score (nSPS) is 10.2. The van der Waals surface area contributed by atoms with E-state index in [2.05, 4.69) is 6.92 Å². The third-order valence-corrected chi connectivity index (χ3v) is 2.57. The molecule has 0 heterocycles. The Bertz CT molecular complexity index is 457. The number of carboxylic acid groups (broad SMARTS) is 1. The summed E-state index contributed by atoms with van der Waals surface area (Å²) in [6.45, 7) is 2.57. The van der Waals surface area contributed by atoms with Crippen molar-refractivity contribution in [3.05, 3.63) is 29.6 Å². The van der Waals surface area contributed by atoms with Gasteiger partial charge in [-0.1, -0.05) is 19.8 Å². The highest BCUT2D eigenvalue weighted by Gasteiger charge is 2.15. The number of ether oxygens (including phenoxy) is 1. The lowest BCUT2D eigenvalue weighted by Gasteiger charge is -2.07. The number of hydrogen-bond donors (Lipinski definition) is 1. The number of Topliss-reactive ketones (excluding diaryl/α,β-unsaturated/α-hetero) is 1. The van der Waals surface area contributed by atoms with Crippen LogP contribution in [-0.2, 0) is 4.79 Å². The molecule has 0 aliphatic carbocycles. The van der Waals surface area contributed by atoms with Gasteiger partial charge in [-0.05, 0) is 18.6 Å². The van der Waals surface area contributed by atoms with Gasteiger partial charge in [-0.2, -0.15) is 0 Å². The first-order valence-electron chi connectivity index (χ1n) is 6.22. The minimum atomic E-state index is -1.27. The summed E-state index contributed by atoms with van der Waals surface area (Å²) in [4.78, 5) is 21.8. The van der Waals surface area contributed by atoms with E-state index in [1.807, 2.05) is 0 Å². The predicted octanol–water partition coefficient (Wildman–Crippen LogP) is 3.05. The topological polar surface area (TPSA) is 63.6 Å². The minimum absolute atomic E-state index is 0.219. The van der Waals surface area contributed by atoms with E-state index in [9.17, 15) is 14.0 Å². The van der Waals surface area contributed by atoms with Gasteiger partial charge in [-0.15, -0.1) is 0 Å². The average Bonchev–Trinajstić information content (AvgIpc) is 2.33. The van der Waals surface area contributed by atoms with Crippen molar-refractivity contribution < 1.29 is 23.8 Å². The first-order valence-corrected chi connectivity index (χ1v) is 6.22. The van der Waals surface area contributed by atoms with Gasteiger partial charge in [0.2, 0.25) is 0 Å². The van der Waals surface area contributed by atoms with Crippen molar-refractivity contribution in [3.63, 3.8) is 0 Å². The SMILES string of the molecule is CCCCCOc1ccc(C(=O)CC(=O)O)c(F)c1. The smallest absolute Gasteiger partial charge is 0.311 e. The van der Waals surface area contributed by atoms with Crippen molar-refractivity contribution in [2.45, 2.75) is 32.6 Å². The molecule has 0 saturated carbocycles. The summed E-state index contributed by atoms with van der Waals surface area (Å²) in [5.74, 6) is -2.42. The molecule has 0 aliphatic heterocycles. The number of hydrogen-bond acceptors (Lipinski definition) is 3. The number of carboxylic acids is 1. The first kappa shape index (κ1) is 15.1. The molecule has 0 radical (unpaired) electrons. The third-order valence-electron chi connectivity index (χ3n) is 2.57. The van der Waals surface area contributed by atoms with Crippen LogP contribution in [0.2, 0.25) is 0 Å². The van der Waals surface area contributed by atoms with Gasteiger partial charge >= 0.3 is 5.97 Å². The van der Waals surface area contributed by atoms with Gasteiger partial charge in [-0.3, -0.25) is 9.59 Å².